The van der Waals surface area contributed by atoms with Crippen LogP contribution in [-0.4, -0.2) is 40.4 Å². The lowest BCUT2D eigenvalue weighted by Crippen LogP contribution is -2.28. The lowest BCUT2D eigenvalue weighted by molar-refractivity contribution is -0.127. The van der Waals surface area contributed by atoms with Crippen molar-refractivity contribution in [2.45, 2.75) is 25.3 Å². The number of hydrogen-bond acceptors (Lipinski definition) is 6. The number of hydrogen-bond donors (Lipinski definition) is 0. The van der Waals surface area contributed by atoms with Gasteiger partial charge in [0.2, 0.25) is 11.8 Å². The van der Waals surface area contributed by atoms with E-state index in [2.05, 4.69) is 14.9 Å². The molecule has 0 N–H and O–H groups in total. The topological polar surface area (TPSA) is 68.5 Å². The predicted octanol–water partition coefficient (Wildman–Crippen LogP) is 4.40. The van der Waals surface area contributed by atoms with E-state index in [0.29, 0.717) is 12.1 Å². The third kappa shape index (κ3) is 5.77. The average molecular weight is 419 g/mol. The minimum absolute atomic E-state index is 0.0418. The van der Waals surface area contributed by atoms with Gasteiger partial charge in [0.15, 0.2) is 0 Å². The summed E-state index contributed by atoms with van der Waals surface area (Å²) in [4.78, 5) is 14.0. The Morgan fingerprint density at radius 1 is 1.17 bits per heavy atom. The molecule has 0 saturated carbocycles. The van der Waals surface area contributed by atoms with Crippen LogP contribution in [-0.2, 0) is 11.3 Å². The van der Waals surface area contributed by atoms with E-state index in [0.717, 1.165) is 22.9 Å². The molecule has 3 aromatic rings. The molecule has 0 spiro atoms. The fraction of sp³-hybridized carbons (Fsp3) is 0.250. The maximum atomic E-state index is 12.4. The van der Waals surface area contributed by atoms with Gasteiger partial charge in [0.25, 0.3) is 5.22 Å². The smallest absolute Gasteiger partial charge is 0.387 e. The van der Waals surface area contributed by atoms with Crippen molar-refractivity contribution in [3.63, 3.8) is 0 Å². The number of amides is 1. The standard InChI is InChI=1S/C20H19F2N3O3S/c1-13-5-3-4-6-15(13)11-25(2)17(26)12-29-20-24-23-18(28-20)14-7-9-16(10-8-14)27-19(21)22/h3-10,19H,11-12H2,1-2H3. The van der Waals surface area contributed by atoms with Crippen LogP contribution in [0.5, 0.6) is 5.75 Å². The number of alkyl halides is 2. The molecule has 0 aliphatic rings. The number of ether oxygens (including phenoxy) is 1. The van der Waals surface area contributed by atoms with Crippen LogP contribution >= 0.6 is 11.8 Å². The molecule has 3 rings (SSSR count). The highest BCUT2D eigenvalue weighted by Crippen LogP contribution is 2.25. The molecule has 0 aliphatic heterocycles. The monoisotopic (exact) mass is 419 g/mol. The van der Waals surface area contributed by atoms with E-state index in [4.69, 9.17) is 4.42 Å². The van der Waals surface area contributed by atoms with Gasteiger partial charge in [-0.15, -0.1) is 10.2 Å². The summed E-state index contributed by atoms with van der Waals surface area (Å²) in [6, 6.07) is 13.8. The van der Waals surface area contributed by atoms with Gasteiger partial charge >= 0.3 is 6.61 Å². The third-order valence-corrected chi connectivity index (χ3v) is 4.95. The van der Waals surface area contributed by atoms with Crippen LogP contribution in [0.2, 0.25) is 0 Å². The quantitative estimate of drug-likeness (QED) is 0.504. The summed E-state index contributed by atoms with van der Waals surface area (Å²) in [6.07, 6.45) is 0. The van der Waals surface area contributed by atoms with E-state index in [1.165, 1.54) is 12.1 Å². The minimum Gasteiger partial charge on any atom is -0.435 e. The summed E-state index contributed by atoms with van der Waals surface area (Å²) in [6.45, 7) is -0.350. The molecule has 0 aliphatic carbocycles. The Labute approximate surface area is 170 Å². The van der Waals surface area contributed by atoms with Crippen LogP contribution < -0.4 is 4.74 Å². The zero-order chi connectivity index (χ0) is 20.8. The second kappa shape index (κ2) is 9.51. The lowest BCUT2D eigenvalue weighted by atomic mass is 10.1. The Bertz CT molecular complexity index is 964. The van der Waals surface area contributed by atoms with Crippen molar-refractivity contribution in [1.29, 1.82) is 0 Å². The Balaban J connectivity index is 1.54. The van der Waals surface area contributed by atoms with Gasteiger partial charge in [-0.05, 0) is 42.3 Å². The summed E-state index contributed by atoms with van der Waals surface area (Å²) in [5, 5.41) is 8.10. The maximum absolute atomic E-state index is 12.4. The van der Waals surface area contributed by atoms with Crippen molar-refractivity contribution in [1.82, 2.24) is 15.1 Å². The fourth-order valence-electron chi connectivity index (χ4n) is 2.53. The number of carbonyl (C=O) groups excluding carboxylic acids is 1. The van der Waals surface area contributed by atoms with Gasteiger partial charge in [-0.25, -0.2) is 0 Å². The molecular weight excluding hydrogens is 400 g/mol. The van der Waals surface area contributed by atoms with E-state index in [1.807, 2.05) is 31.2 Å². The molecule has 1 aromatic heterocycles. The van der Waals surface area contributed by atoms with Gasteiger partial charge in [0, 0.05) is 19.2 Å². The van der Waals surface area contributed by atoms with Crippen molar-refractivity contribution >= 4 is 17.7 Å². The molecule has 2 aromatic carbocycles. The van der Waals surface area contributed by atoms with Crippen molar-refractivity contribution < 1.29 is 22.7 Å². The van der Waals surface area contributed by atoms with Crippen molar-refractivity contribution in [3.05, 3.63) is 59.7 Å². The molecule has 152 valence electrons. The van der Waals surface area contributed by atoms with Crippen molar-refractivity contribution in [2.75, 3.05) is 12.8 Å². The number of thioether (sulfide) groups is 1. The number of aryl methyl sites for hydroxylation is 1. The average Bonchev–Trinajstić information content (AvgIpc) is 3.17. The maximum Gasteiger partial charge on any atom is 0.387 e. The molecule has 0 unspecified atom stereocenters. The summed E-state index contributed by atoms with van der Waals surface area (Å²) in [5.41, 5.74) is 2.79. The van der Waals surface area contributed by atoms with E-state index < -0.39 is 6.61 Å². The van der Waals surface area contributed by atoms with E-state index in [9.17, 15) is 13.6 Å². The molecular formula is C20H19F2N3O3S. The molecule has 1 amide bonds. The van der Waals surface area contributed by atoms with Gasteiger partial charge in [-0.2, -0.15) is 8.78 Å². The minimum atomic E-state index is -2.88. The molecule has 0 radical (unpaired) electrons. The highest BCUT2D eigenvalue weighted by molar-refractivity contribution is 7.99. The molecule has 6 nitrogen and oxygen atoms in total. The van der Waals surface area contributed by atoms with Gasteiger partial charge in [-0.3, -0.25) is 4.79 Å². The van der Waals surface area contributed by atoms with Crippen LogP contribution in [0.4, 0.5) is 8.78 Å². The molecule has 29 heavy (non-hydrogen) atoms. The van der Waals surface area contributed by atoms with Gasteiger partial charge in [0.1, 0.15) is 5.75 Å². The van der Waals surface area contributed by atoms with Crippen molar-refractivity contribution in [2.24, 2.45) is 0 Å². The second-order valence-corrected chi connectivity index (χ2v) is 7.17. The molecule has 0 saturated heterocycles. The van der Waals surface area contributed by atoms with E-state index >= 15 is 0 Å². The van der Waals surface area contributed by atoms with Crippen LogP contribution in [0.3, 0.4) is 0 Å². The number of carbonyl (C=O) groups is 1. The lowest BCUT2D eigenvalue weighted by Gasteiger charge is -2.17. The fourth-order valence-corrected chi connectivity index (χ4v) is 3.23. The number of rotatable bonds is 8. The number of nitrogens with zero attached hydrogens (tertiary/aromatic N) is 3. The number of halogens is 2. The second-order valence-electron chi connectivity index (χ2n) is 6.24. The SMILES string of the molecule is Cc1ccccc1CN(C)C(=O)CSc1nnc(-c2ccc(OC(F)F)cc2)o1. The predicted molar refractivity (Wildman–Crippen MR) is 105 cm³/mol. The van der Waals surface area contributed by atoms with Gasteiger partial charge in [-0.1, -0.05) is 36.0 Å². The summed E-state index contributed by atoms with van der Waals surface area (Å²) in [7, 11) is 1.75. The highest BCUT2D eigenvalue weighted by atomic mass is 32.2. The Morgan fingerprint density at radius 2 is 1.90 bits per heavy atom. The highest BCUT2D eigenvalue weighted by Gasteiger charge is 2.15. The molecule has 0 fully saturated rings. The van der Waals surface area contributed by atoms with Crippen LogP contribution in [0.25, 0.3) is 11.5 Å². The van der Waals surface area contributed by atoms with E-state index in [1.54, 1.807) is 24.1 Å². The van der Waals surface area contributed by atoms with Crippen LogP contribution in [0, 0.1) is 6.92 Å². The summed E-state index contributed by atoms with van der Waals surface area (Å²) in [5.74, 6) is 0.369. The van der Waals surface area contributed by atoms with Crippen LogP contribution in [0.1, 0.15) is 11.1 Å². The third-order valence-electron chi connectivity index (χ3n) is 4.15. The number of aromatic nitrogens is 2. The normalized spacial score (nSPS) is 10.9. The summed E-state index contributed by atoms with van der Waals surface area (Å²) < 4.78 is 34.2. The first kappa shape index (κ1) is 20.8. The molecule has 9 heteroatoms. The first-order valence-corrected chi connectivity index (χ1v) is 9.71. The van der Waals surface area contributed by atoms with E-state index in [-0.39, 0.29) is 28.5 Å². The Kier molecular flexibility index (Phi) is 6.82. The zero-order valence-electron chi connectivity index (χ0n) is 15.8. The molecule has 0 bridgehead atoms. The zero-order valence-corrected chi connectivity index (χ0v) is 16.7. The largest absolute Gasteiger partial charge is 0.435 e. The Hall–Kier alpha value is -2.94. The number of benzene rings is 2. The molecule has 0 atom stereocenters. The van der Waals surface area contributed by atoms with Gasteiger partial charge < -0.3 is 14.1 Å². The summed E-state index contributed by atoms with van der Waals surface area (Å²) >= 11 is 1.14. The molecule has 1 heterocycles. The Morgan fingerprint density at radius 3 is 2.59 bits per heavy atom. The first-order valence-electron chi connectivity index (χ1n) is 8.72. The first-order chi connectivity index (χ1) is 13.9. The van der Waals surface area contributed by atoms with Crippen LogP contribution in [0.15, 0.2) is 58.2 Å². The van der Waals surface area contributed by atoms with Gasteiger partial charge in [0.05, 0.1) is 5.75 Å². The van der Waals surface area contributed by atoms with Crippen molar-refractivity contribution in [3.8, 4) is 17.2 Å².